The van der Waals surface area contributed by atoms with E-state index < -0.39 is 0 Å². The van der Waals surface area contributed by atoms with Crippen molar-refractivity contribution in [3.8, 4) is 0 Å². The normalized spacial score (nSPS) is 44.5. The molecule has 3 aliphatic heterocycles. The predicted molar refractivity (Wildman–Crippen MR) is 75.8 cm³/mol. The summed E-state index contributed by atoms with van der Waals surface area (Å²) in [5.74, 6) is 0.988. The highest BCUT2D eigenvalue weighted by Gasteiger charge is 2.38. The minimum absolute atomic E-state index is 0.779. The number of piperidine rings is 3. The maximum Gasteiger partial charge on any atom is 0.0252 e. The predicted octanol–water partition coefficient (Wildman–Crippen LogP) is 1.54. The monoisotopic (exact) mass is 251 g/mol. The van der Waals surface area contributed by atoms with Crippen LogP contribution in [0.4, 0.5) is 0 Å². The summed E-state index contributed by atoms with van der Waals surface area (Å²) in [6, 6.07) is 2.48. The SMILES string of the molecule is CNC1CCC(N(C)C2CN3CCC2CC3)CC1. The van der Waals surface area contributed by atoms with E-state index in [1.54, 1.807) is 0 Å². The van der Waals surface area contributed by atoms with E-state index in [-0.39, 0.29) is 0 Å². The van der Waals surface area contributed by atoms with Gasteiger partial charge < -0.3 is 10.2 Å². The van der Waals surface area contributed by atoms with Crippen molar-refractivity contribution in [1.82, 2.24) is 15.1 Å². The van der Waals surface area contributed by atoms with Crippen LogP contribution < -0.4 is 5.32 Å². The minimum Gasteiger partial charge on any atom is -0.317 e. The Morgan fingerprint density at radius 1 is 1.00 bits per heavy atom. The smallest absolute Gasteiger partial charge is 0.0252 e. The van der Waals surface area contributed by atoms with Gasteiger partial charge in [-0.05, 0) is 71.6 Å². The zero-order valence-corrected chi connectivity index (χ0v) is 12.1. The molecule has 0 amide bonds. The van der Waals surface area contributed by atoms with Gasteiger partial charge in [-0.2, -0.15) is 0 Å². The Morgan fingerprint density at radius 2 is 1.67 bits per heavy atom. The van der Waals surface area contributed by atoms with E-state index in [4.69, 9.17) is 0 Å². The van der Waals surface area contributed by atoms with Gasteiger partial charge in [-0.25, -0.2) is 0 Å². The van der Waals surface area contributed by atoms with Crippen LogP contribution in [0.2, 0.25) is 0 Å². The van der Waals surface area contributed by atoms with E-state index in [2.05, 4.69) is 29.2 Å². The van der Waals surface area contributed by atoms with Crippen molar-refractivity contribution >= 4 is 0 Å². The number of hydrogen-bond acceptors (Lipinski definition) is 3. The first-order chi connectivity index (χ1) is 8.78. The summed E-state index contributed by atoms with van der Waals surface area (Å²) >= 11 is 0. The summed E-state index contributed by atoms with van der Waals surface area (Å²) in [4.78, 5) is 5.43. The Bertz CT molecular complexity index is 265. The van der Waals surface area contributed by atoms with E-state index >= 15 is 0 Å². The van der Waals surface area contributed by atoms with E-state index in [0.717, 1.165) is 24.0 Å². The summed E-state index contributed by atoms with van der Waals surface area (Å²) in [7, 11) is 4.51. The number of likely N-dealkylation sites (N-methyl/N-ethyl adjacent to an activating group) is 1. The lowest BCUT2D eigenvalue weighted by Gasteiger charge is -2.51. The third-order valence-corrected chi connectivity index (χ3v) is 5.83. The molecule has 0 aromatic heterocycles. The molecule has 1 aliphatic carbocycles. The Balaban J connectivity index is 1.56. The molecule has 18 heavy (non-hydrogen) atoms. The highest BCUT2D eigenvalue weighted by Crippen LogP contribution is 2.33. The standard InChI is InChI=1S/C15H29N3/c1-16-13-3-5-14(6-4-13)17(2)15-11-18-9-7-12(15)8-10-18/h12-16H,3-11H2,1-2H3. The highest BCUT2D eigenvalue weighted by atomic mass is 15.3. The van der Waals surface area contributed by atoms with E-state index in [9.17, 15) is 0 Å². The van der Waals surface area contributed by atoms with E-state index in [0.29, 0.717) is 0 Å². The van der Waals surface area contributed by atoms with Crippen LogP contribution in [0.15, 0.2) is 0 Å². The van der Waals surface area contributed by atoms with Gasteiger partial charge in [0.05, 0.1) is 0 Å². The van der Waals surface area contributed by atoms with Gasteiger partial charge in [0.15, 0.2) is 0 Å². The number of fused-ring (bicyclic) bond motifs is 3. The van der Waals surface area contributed by atoms with Gasteiger partial charge in [0, 0.05) is 24.7 Å². The van der Waals surface area contributed by atoms with Crippen molar-refractivity contribution in [2.75, 3.05) is 33.7 Å². The molecular formula is C15H29N3. The molecule has 3 heterocycles. The number of nitrogens with zero attached hydrogens (tertiary/aromatic N) is 2. The number of nitrogens with one attached hydrogen (secondary N) is 1. The summed E-state index contributed by atoms with van der Waals surface area (Å²) in [5.41, 5.74) is 0. The molecule has 2 bridgehead atoms. The highest BCUT2D eigenvalue weighted by molar-refractivity contribution is 4.94. The molecule has 0 spiro atoms. The van der Waals surface area contributed by atoms with Crippen molar-refractivity contribution in [3.63, 3.8) is 0 Å². The lowest BCUT2D eigenvalue weighted by Crippen LogP contribution is -2.59. The lowest BCUT2D eigenvalue weighted by molar-refractivity contribution is -0.00930. The second-order valence-corrected chi connectivity index (χ2v) is 6.66. The molecule has 3 heteroatoms. The largest absolute Gasteiger partial charge is 0.317 e. The first-order valence-corrected chi connectivity index (χ1v) is 7.89. The van der Waals surface area contributed by atoms with Gasteiger partial charge in [0.1, 0.15) is 0 Å². The van der Waals surface area contributed by atoms with Crippen molar-refractivity contribution < 1.29 is 0 Å². The summed E-state index contributed by atoms with van der Waals surface area (Å²) in [6.45, 7) is 4.07. The van der Waals surface area contributed by atoms with Crippen LogP contribution in [-0.4, -0.2) is 61.7 Å². The molecule has 0 aromatic carbocycles. The van der Waals surface area contributed by atoms with Crippen molar-refractivity contribution in [2.45, 2.75) is 56.7 Å². The van der Waals surface area contributed by atoms with E-state index in [1.165, 1.54) is 58.2 Å². The van der Waals surface area contributed by atoms with Crippen molar-refractivity contribution in [2.24, 2.45) is 5.92 Å². The summed E-state index contributed by atoms with van der Waals surface area (Å²) < 4.78 is 0. The fourth-order valence-electron chi connectivity index (χ4n) is 4.44. The number of hydrogen-bond donors (Lipinski definition) is 1. The minimum atomic E-state index is 0.779. The van der Waals surface area contributed by atoms with Gasteiger partial charge in [-0.3, -0.25) is 4.90 Å². The Labute approximate surface area is 112 Å². The van der Waals surface area contributed by atoms with Gasteiger partial charge in [-0.15, -0.1) is 0 Å². The fourth-order valence-corrected chi connectivity index (χ4v) is 4.44. The first kappa shape index (κ1) is 12.9. The van der Waals surface area contributed by atoms with Gasteiger partial charge in [0.25, 0.3) is 0 Å². The molecule has 4 aliphatic rings. The molecule has 1 saturated carbocycles. The van der Waals surface area contributed by atoms with E-state index in [1.807, 2.05) is 0 Å². The van der Waals surface area contributed by atoms with Gasteiger partial charge in [0.2, 0.25) is 0 Å². The maximum atomic E-state index is 3.44. The zero-order valence-electron chi connectivity index (χ0n) is 12.1. The molecule has 4 rings (SSSR count). The second kappa shape index (κ2) is 5.48. The molecule has 4 fully saturated rings. The topological polar surface area (TPSA) is 18.5 Å². The Morgan fingerprint density at radius 3 is 2.17 bits per heavy atom. The molecule has 0 radical (unpaired) electrons. The summed E-state index contributed by atoms with van der Waals surface area (Å²) in [6.07, 6.45) is 8.41. The molecule has 104 valence electrons. The third kappa shape index (κ3) is 2.45. The molecule has 0 aromatic rings. The molecular weight excluding hydrogens is 222 g/mol. The fraction of sp³-hybridized carbons (Fsp3) is 1.00. The van der Waals surface area contributed by atoms with Crippen LogP contribution >= 0.6 is 0 Å². The lowest BCUT2D eigenvalue weighted by atomic mass is 9.81. The van der Waals surface area contributed by atoms with Crippen LogP contribution in [0.5, 0.6) is 0 Å². The van der Waals surface area contributed by atoms with Crippen LogP contribution in [0.3, 0.4) is 0 Å². The Kier molecular flexibility index (Phi) is 3.92. The number of rotatable bonds is 3. The first-order valence-electron chi connectivity index (χ1n) is 7.89. The van der Waals surface area contributed by atoms with Gasteiger partial charge >= 0.3 is 0 Å². The molecule has 1 N–H and O–H groups in total. The quantitative estimate of drug-likeness (QED) is 0.821. The van der Waals surface area contributed by atoms with Crippen molar-refractivity contribution in [1.29, 1.82) is 0 Å². The van der Waals surface area contributed by atoms with Crippen molar-refractivity contribution in [3.05, 3.63) is 0 Å². The second-order valence-electron chi connectivity index (χ2n) is 6.66. The maximum absolute atomic E-state index is 3.44. The van der Waals surface area contributed by atoms with Crippen LogP contribution in [0.1, 0.15) is 38.5 Å². The van der Waals surface area contributed by atoms with Crippen LogP contribution in [0, 0.1) is 5.92 Å². The Hall–Kier alpha value is -0.120. The summed E-state index contributed by atoms with van der Waals surface area (Å²) in [5, 5.41) is 3.44. The van der Waals surface area contributed by atoms with Gasteiger partial charge in [-0.1, -0.05) is 0 Å². The average Bonchev–Trinajstić information content (AvgIpc) is 2.48. The molecule has 1 unspecified atom stereocenters. The molecule has 3 saturated heterocycles. The van der Waals surface area contributed by atoms with Crippen LogP contribution in [0.25, 0.3) is 0 Å². The molecule has 3 nitrogen and oxygen atoms in total. The average molecular weight is 251 g/mol. The zero-order chi connectivity index (χ0) is 12.5. The van der Waals surface area contributed by atoms with Crippen LogP contribution in [-0.2, 0) is 0 Å². The third-order valence-electron chi connectivity index (χ3n) is 5.83. The molecule has 1 atom stereocenters.